The van der Waals surface area contributed by atoms with Gasteiger partial charge in [0.2, 0.25) is 82.7 Å². The molecule has 7 aromatic rings. The number of nitrogens with zero attached hydrogens (tertiary/aromatic N) is 3. The number of hydrogen-bond acceptors (Lipinski definition) is 29. The van der Waals surface area contributed by atoms with E-state index in [0.717, 1.165) is 26.9 Å². The predicted molar refractivity (Wildman–Crippen MR) is 511 cm³/mol. The van der Waals surface area contributed by atoms with Gasteiger partial charge in [0.15, 0.2) is 6.04 Å². The third-order valence-electron chi connectivity index (χ3n) is 20.8. The lowest BCUT2D eigenvalue weighted by Crippen LogP contribution is -2.69. The number of rotatable bonds is 51. The molecule has 7 rings (SSSR count). The van der Waals surface area contributed by atoms with Crippen molar-refractivity contribution in [2.45, 2.75) is 145 Å². The number of primary amides is 3. The summed E-state index contributed by atoms with van der Waals surface area (Å²) in [4.78, 5) is 240. The Bertz CT molecular complexity index is 5480. The average Bonchev–Trinajstić information content (AvgIpc) is 0.852. The molecule has 0 saturated carbocycles. The van der Waals surface area contributed by atoms with Gasteiger partial charge in [-0.05, 0) is 109 Å². The molecule has 55 heteroatoms. The summed E-state index contributed by atoms with van der Waals surface area (Å²) in [5.41, 5.74) is 36.5. The lowest BCUT2D eigenvalue weighted by molar-refractivity contribution is -0.403. The highest BCUT2D eigenvalue weighted by Crippen LogP contribution is 2.44. The largest absolute Gasteiger partial charge is 0.542 e. The van der Waals surface area contributed by atoms with Crippen LogP contribution in [0.5, 0.6) is 17.2 Å². The molecule has 0 aliphatic rings. The van der Waals surface area contributed by atoms with Gasteiger partial charge < -0.3 is 146 Å². The number of quaternary nitrogens is 1. The Balaban J connectivity index is 0.000000442. The molecule has 0 fully saturated rings. The normalized spacial score (nSPS) is 14.3. The van der Waals surface area contributed by atoms with Crippen molar-refractivity contribution >= 4 is 118 Å². The lowest BCUT2D eigenvalue weighted by atomic mass is 10.0. The molecular formula is C91H120F3N18O31P3. The zero-order valence-electron chi connectivity index (χ0n) is 79.9. The number of aromatic hydroxyl groups is 3. The van der Waals surface area contributed by atoms with Crippen molar-refractivity contribution in [2.24, 2.45) is 28.7 Å². The fraction of sp³-hybridized carbons (Fsp3) is 0.363. The van der Waals surface area contributed by atoms with E-state index >= 15 is 0 Å². The van der Waals surface area contributed by atoms with Crippen LogP contribution in [0.3, 0.4) is 0 Å². The summed E-state index contributed by atoms with van der Waals surface area (Å²) >= 11 is 0. The van der Waals surface area contributed by atoms with Crippen molar-refractivity contribution in [1.29, 1.82) is 0 Å². The zero-order valence-corrected chi connectivity index (χ0v) is 82.6. The Labute approximate surface area is 834 Å². The first kappa shape index (κ1) is 124. The molecule has 0 radical (unpaired) electrons. The van der Waals surface area contributed by atoms with E-state index in [1.54, 1.807) is 158 Å². The number of carboxylic acids is 1. The van der Waals surface area contributed by atoms with E-state index in [0.29, 0.717) is 33.4 Å². The number of phenolic OH excluding ortho intramolecular Hbond substituents is 3. The van der Waals surface area contributed by atoms with Gasteiger partial charge >= 0.3 is 29.4 Å². The molecule has 0 aliphatic carbocycles. The predicted octanol–water partition coefficient (Wildman–Crippen LogP) is -4.38. The topological polar surface area (TPSA) is 802 Å². The van der Waals surface area contributed by atoms with Gasteiger partial charge in [-0.15, -0.1) is 0 Å². The van der Waals surface area contributed by atoms with Crippen LogP contribution in [0.25, 0.3) is 0 Å². The second-order valence-electron chi connectivity index (χ2n) is 32.6. The number of carboxylic acid groups (broad SMARTS) is 1. The van der Waals surface area contributed by atoms with Crippen molar-refractivity contribution in [1.82, 2.24) is 62.6 Å². The van der Waals surface area contributed by atoms with Gasteiger partial charge in [-0.2, -0.15) is 13.2 Å². The molecule has 0 bridgehead atoms. The number of halogens is 3. The number of phenols is 3. The summed E-state index contributed by atoms with van der Waals surface area (Å²) in [6.45, 7) is 0.874. The maximum Gasteiger partial charge on any atom is 0.472 e. The van der Waals surface area contributed by atoms with Gasteiger partial charge in [-0.25, -0.2) is 9.13 Å². The smallest absolute Gasteiger partial charge is 0.472 e. The second kappa shape index (κ2) is 60.3. The number of nitrogens with one attached hydrogen (secondary N) is 9. The molecule has 0 saturated heterocycles. The fourth-order valence-electron chi connectivity index (χ4n) is 12.4. The minimum Gasteiger partial charge on any atom is -0.542 e. The van der Waals surface area contributed by atoms with Crippen LogP contribution < -0.4 is 87.4 Å². The molecule has 146 heavy (non-hydrogen) atoms. The Morgan fingerprint density at radius 2 is 0.623 bits per heavy atom. The van der Waals surface area contributed by atoms with Crippen molar-refractivity contribution in [3.05, 3.63) is 233 Å². The first-order valence-electron chi connectivity index (χ1n) is 43.9. The van der Waals surface area contributed by atoms with E-state index in [1.807, 2.05) is 0 Å². The molecule has 0 heterocycles. The number of carbonyl (C=O) groups excluding carboxylic acids is 16. The SMILES string of the molecule is C[C@@H](NC(=O)[C@@H](N)Cc1ccc(O)cc1)C(=O)NCC(=O)N(C)[C@@H](Cc1ccccc1)C(=O)N[C@@H](COP(=O)(O)O)C(N)=O.C[C@@H](NC(=O)[C@@H](N)Cc1ccc(O)cc1)C(=O)NCC(=O)N(C)[C@@H](Cc1ccccc1)C(=O)N[C@@H](COP(=O)(O)OCc1ccccc1)C(N)=O.C[C@@H](NC(=O)[C@@H]([NH3+])Cc1ccc(O)cc1)C(=O)NCC(=O)N(C)[C@@H](Cc1ccccc1)C(=O)N[C@@H](COP(C)(=O)O)C(N)=O.O=C([O-])C(F)(F)F. The molecule has 0 spiro atoms. The van der Waals surface area contributed by atoms with Crippen LogP contribution in [-0.2, 0) is 154 Å². The van der Waals surface area contributed by atoms with Crippen LogP contribution >= 0.6 is 23.2 Å². The number of phosphoric acid groups is 2. The third-order valence-corrected chi connectivity index (χ3v) is 22.8. The fourth-order valence-corrected chi connectivity index (χ4v) is 13.9. The molecule has 0 aromatic heterocycles. The summed E-state index contributed by atoms with van der Waals surface area (Å²) in [6.07, 6.45) is -4.64. The molecule has 0 aliphatic heterocycles. The summed E-state index contributed by atoms with van der Waals surface area (Å²) in [5.74, 6) is -14.3. The van der Waals surface area contributed by atoms with Crippen LogP contribution in [-0.4, -0.2) is 290 Å². The Hall–Kier alpha value is -14.5. The van der Waals surface area contributed by atoms with Crippen LogP contribution in [0, 0.1) is 0 Å². The number of benzene rings is 7. The van der Waals surface area contributed by atoms with E-state index in [9.17, 15) is 124 Å². The van der Waals surface area contributed by atoms with Crippen LogP contribution in [0.1, 0.15) is 59.7 Å². The lowest BCUT2D eigenvalue weighted by Gasteiger charge is -2.29. The van der Waals surface area contributed by atoms with Crippen molar-refractivity contribution < 1.29 is 167 Å². The van der Waals surface area contributed by atoms with Crippen LogP contribution in [0.4, 0.5) is 13.2 Å². The molecule has 49 nitrogen and oxygen atoms in total. The molecule has 14 atom stereocenters. The van der Waals surface area contributed by atoms with Crippen molar-refractivity contribution in [3.63, 3.8) is 0 Å². The molecule has 7 aromatic carbocycles. The number of nitrogens with two attached hydrogens (primary N) is 5. The highest BCUT2D eigenvalue weighted by atomic mass is 31.2. The summed E-state index contributed by atoms with van der Waals surface area (Å²) < 4.78 is 85.5. The number of phosphoric ester groups is 2. The van der Waals surface area contributed by atoms with Gasteiger partial charge in [-0.1, -0.05) is 158 Å². The first-order chi connectivity index (χ1) is 68.2. The monoisotopic (exact) mass is 2110 g/mol. The van der Waals surface area contributed by atoms with Gasteiger partial charge in [0.25, 0.3) is 5.91 Å². The number of carbonyl (C=O) groups is 16. The van der Waals surface area contributed by atoms with Gasteiger partial charge in [0.1, 0.15) is 77.6 Å². The Morgan fingerprint density at radius 3 is 0.890 bits per heavy atom. The van der Waals surface area contributed by atoms with Crippen molar-refractivity contribution in [3.8, 4) is 17.2 Å². The van der Waals surface area contributed by atoms with Gasteiger partial charge in [0, 0.05) is 53.5 Å². The minimum absolute atomic E-state index is 0.0146. The van der Waals surface area contributed by atoms with E-state index in [4.69, 9.17) is 61.9 Å². The third kappa shape index (κ3) is 47.4. The maximum atomic E-state index is 13.5. The quantitative estimate of drug-likeness (QED) is 0.0160. The van der Waals surface area contributed by atoms with Gasteiger partial charge in [-0.3, -0.25) is 90.1 Å². The number of hydrogen-bond donors (Lipinski definition) is 22. The number of alkyl halides is 3. The molecule has 15 amide bonds. The van der Waals surface area contributed by atoms with Crippen LogP contribution in [0.15, 0.2) is 194 Å². The minimum atomic E-state index is -5.19. The summed E-state index contributed by atoms with van der Waals surface area (Å²) in [5, 5.41) is 58.7. The maximum absolute atomic E-state index is 13.5. The average molecular weight is 2110 g/mol. The van der Waals surface area contributed by atoms with E-state index in [1.165, 1.54) is 78.3 Å². The van der Waals surface area contributed by atoms with E-state index in [2.05, 4.69) is 58.1 Å². The summed E-state index contributed by atoms with van der Waals surface area (Å²) in [6, 6.07) is 38.8. The zero-order chi connectivity index (χ0) is 110. The molecule has 29 N–H and O–H groups in total. The van der Waals surface area contributed by atoms with Gasteiger partial charge in [0.05, 0.1) is 58.1 Å². The first-order valence-corrected chi connectivity index (χ1v) is 49.0. The Kier molecular flexibility index (Phi) is 51.1. The van der Waals surface area contributed by atoms with Crippen molar-refractivity contribution in [2.75, 3.05) is 67.3 Å². The van der Waals surface area contributed by atoms with E-state index in [-0.39, 0.29) is 62.4 Å². The molecule has 796 valence electrons. The Morgan fingerprint density at radius 1 is 0.370 bits per heavy atom. The highest BCUT2D eigenvalue weighted by molar-refractivity contribution is 7.51. The number of likely N-dealkylation sites (N-methyl/N-ethyl adjacent to an activating group) is 3. The standard InChI is InChI=1S/C34H43N6O10P.C28H39N6O9P.C27H37N6O10P.C2HF3O2/c1-22(38-33(45)27(35)17-24-13-15-26(41)16-14-24)32(44)37-19-30(42)40(2)29(18-23-9-5-3-6-10-23)34(46)39-28(31(36)43)21-50-51(47,48)49-20-25-11-7-4-8-12-25;1-17(32-27(39)21(29)13-19-9-11-20(35)12-10-19)26(38)31-15-24(36)34(2)23(14-18-7-5-4-6-8-18)28(40)33-22(25(30)37)16-43-44(3,41)42;1-16(31-26(38)20(28)12-18-8-10-19(34)11-9-18)25(37)30-14-23(35)33(2)22(13-17-6-4-3-5-7-17)27(39)32-21(24(29)36)15-43-44(40,41)42;3-2(4,5)1(6)7/h3-16,22,27-29,41H,17-21,35H2,1-2H3,(H2,36,43)(H,37,44)(H,38,45)(H,39,46)(H,47,48);4-12,17,21-23,35H,13-16,29H2,1-3H3,(H2,30,37)(H,31,38)(H,32,39)(H,33,40)(H,41,42);3-11,16,20-22,34H,12-15,28H2,1-2H3,(H2,29,36)(H,30,37)(H,31,38)(H,32,39)(H2,40,41,42);(H,6,7)/t22-,27+,28+,29+;17-,21+,22+,23+;16-,20+,21+,22+;/m111./s1. The van der Waals surface area contributed by atoms with Crippen LogP contribution in [0.2, 0.25) is 0 Å². The number of aliphatic carboxylic acids is 1. The summed E-state index contributed by atoms with van der Waals surface area (Å²) in [7, 11) is -9.67. The number of amides is 15. The highest BCUT2D eigenvalue weighted by Gasteiger charge is 2.38. The molecular weight excluding hydrogens is 1990 g/mol. The molecule has 2 unspecified atom stereocenters. The van der Waals surface area contributed by atoms with E-state index < -0.39 is 236 Å². The second-order valence-corrected chi connectivity index (χ2v) is 37.1.